The van der Waals surface area contributed by atoms with Gasteiger partial charge < -0.3 is 15.4 Å². The summed E-state index contributed by atoms with van der Waals surface area (Å²) in [6.07, 6.45) is 0.249. The summed E-state index contributed by atoms with van der Waals surface area (Å²) in [5.41, 5.74) is 0.720. The highest BCUT2D eigenvalue weighted by Gasteiger charge is 2.05. The van der Waals surface area contributed by atoms with Gasteiger partial charge in [-0.05, 0) is 28.1 Å². The minimum Gasteiger partial charge on any atom is -0.469 e. The number of rotatable bonds is 6. The van der Waals surface area contributed by atoms with E-state index in [0.717, 1.165) is 10.2 Å². The lowest BCUT2D eigenvalue weighted by atomic mass is 10.3. The number of amides is 1. The average molecular weight is 315 g/mol. The third kappa shape index (κ3) is 5.29. The molecule has 0 saturated heterocycles. The van der Waals surface area contributed by atoms with Crippen molar-refractivity contribution in [2.45, 2.75) is 6.42 Å². The predicted octanol–water partition coefficient (Wildman–Crippen LogP) is 1.54. The van der Waals surface area contributed by atoms with E-state index < -0.39 is 0 Å². The van der Waals surface area contributed by atoms with Crippen LogP contribution in [0.15, 0.2) is 28.7 Å². The molecule has 0 spiro atoms. The first-order valence-corrected chi connectivity index (χ1v) is 6.24. The summed E-state index contributed by atoms with van der Waals surface area (Å²) in [6.45, 7) is 0.564. The molecule has 0 aliphatic carbocycles. The quantitative estimate of drug-likeness (QED) is 0.617. The number of carbonyl (C=O) groups is 2. The van der Waals surface area contributed by atoms with Crippen LogP contribution in [-0.4, -0.2) is 32.1 Å². The van der Waals surface area contributed by atoms with E-state index in [-0.39, 0.29) is 24.8 Å². The van der Waals surface area contributed by atoms with Crippen molar-refractivity contribution in [3.05, 3.63) is 28.7 Å². The van der Waals surface area contributed by atoms with Gasteiger partial charge in [0.1, 0.15) is 0 Å². The van der Waals surface area contributed by atoms with Gasteiger partial charge in [0.25, 0.3) is 0 Å². The summed E-state index contributed by atoms with van der Waals surface area (Å²) in [5.74, 6) is -0.458. The Bertz CT molecular complexity index is 424. The number of esters is 1. The van der Waals surface area contributed by atoms with E-state index in [1.54, 1.807) is 6.07 Å². The molecule has 0 aromatic heterocycles. The third-order valence-corrected chi connectivity index (χ3v) is 2.86. The first-order valence-electron chi connectivity index (χ1n) is 5.45. The fraction of sp³-hybridized carbons (Fsp3) is 0.333. The van der Waals surface area contributed by atoms with Gasteiger partial charge in [0.15, 0.2) is 0 Å². The molecule has 1 aromatic rings. The van der Waals surface area contributed by atoms with Crippen LogP contribution in [0.5, 0.6) is 0 Å². The van der Waals surface area contributed by atoms with Crippen LogP contribution in [0.3, 0.4) is 0 Å². The Labute approximate surface area is 114 Å². The SMILES string of the molecule is COC(=O)CCNCC(=O)Nc1ccccc1Br. The second kappa shape index (κ2) is 7.84. The van der Waals surface area contributed by atoms with Crippen molar-refractivity contribution in [1.82, 2.24) is 5.32 Å². The lowest BCUT2D eigenvalue weighted by Gasteiger charge is -2.07. The summed E-state index contributed by atoms with van der Waals surface area (Å²) >= 11 is 3.34. The molecule has 1 amide bonds. The molecule has 0 unspecified atom stereocenters. The van der Waals surface area contributed by atoms with Gasteiger partial charge in [-0.3, -0.25) is 9.59 Å². The number of halogens is 1. The smallest absolute Gasteiger partial charge is 0.306 e. The molecule has 5 nitrogen and oxygen atoms in total. The number of hydrogen-bond donors (Lipinski definition) is 2. The molecule has 1 rings (SSSR count). The number of para-hydroxylation sites is 1. The maximum Gasteiger partial charge on any atom is 0.306 e. The first kappa shape index (κ1) is 14.7. The van der Waals surface area contributed by atoms with E-state index in [4.69, 9.17) is 0 Å². The maximum atomic E-state index is 11.6. The molecule has 2 N–H and O–H groups in total. The van der Waals surface area contributed by atoms with Gasteiger partial charge in [0, 0.05) is 11.0 Å². The fourth-order valence-corrected chi connectivity index (χ4v) is 1.64. The van der Waals surface area contributed by atoms with Gasteiger partial charge in [-0.1, -0.05) is 12.1 Å². The topological polar surface area (TPSA) is 67.4 Å². The van der Waals surface area contributed by atoms with Gasteiger partial charge in [0.2, 0.25) is 5.91 Å². The van der Waals surface area contributed by atoms with E-state index in [1.165, 1.54) is 7.11 Å². The van der Waals surface area contributed by atoms with Crippen molar-refractivity contribution in [2.24, 2.45) is 0 Å². The van der Waals surface area contributed by atoms with Gasteiger partial charge >= 0.3 is 5.97 Å². The molecule has 98 valence electrons. The number of ether oxygens (including phenoxy) is 1. The van der Waals surface area contributed by atoms with Gasteiger partial charge in [-0.25, -0.2) is 0 Å². The Balaban J connectivity index is 2.26. The second-order valence-electron chi connectivity index (χ2n) is 3.53. The van der Waals surface area contributed by atoms with Crippen LogP contribution < -0.4 is 10.6 Å². The molecule has 0 fully saturated rings. The fourth-order valence-electron chi connectivity index (χ4n) is 1.25. The lowest BCUT2D eigenvalue weighted by molar-refractivity contribution is -0.140. The molecule has 6 heteroatoms. The standard InChI is InChI=1S/C12H15BrN2O3/c1-18-12(17)6-7-14-8-11(16)15-10-5-3-2-4-9(10)13/h2-5,14H,6-8H2,1H3,(H,15,16). The van der Waals surface area contributed by atoms with E-state index in [2.05, 4.69) is 31.3 Å². The Kier molecular flexibility index (Phi) is 6.38. The summed E-state index contributed by atoms with van der Waals surface area (Å²) in [5, 5.41) is 5.61. The largest absolute Gasteiger partial charge is 0.469 e. The Morgan fingerprint density at radius 3 is 2.72 bits per heavy atom. The first-order chi connectivity index (χ1) is 8.63. The third-order valence-electron chi connectivity index (χ3n) is 2.17. The molecular weight excluding hydrogens is 300 g/mol. The number of nitrogens with one attached hydrogen (secondary N) is 2. The van der Waals surface area contributed by atoms with E-state index in [9.17, 15) is 9.59 Å². The van der Waals surface area contributed by atoms with E-state index >= 15 is 0 Å². The van der Waals surface area contributed by atoms with Crippen LogP contribution in [0.1, 0.15) is 6.42 Å². The molecular formula is C12H15BrN2O3. The molecule has 0 radical (unpaired) electrons. The highest BCUT2D eigenvalue weighted by molar-refractivity contribution is 9.10. The number of benzene rings is 1. The molecule has 0 aliphatic heterocycles. The molecule has 18 heavy (non-hydrogen) atoms. The van der Waals surface area contributed by atoms with Crippen molar-refractivity contribution in [1.29, 1.82) is 0 Å². The van der Waals surface area contributed by atoms with Crippen LogP contribution in [0.4, 0.5) is 5.69 Å². The van der Waals surface area contributed by atoms with Crippen LogP contribution in [0.2, 0.25) is 0 Å². The van der Waals surface area contributed by atoms with E-state index in [1.807, 2.05) is 18.2 Å². The number of hydrogen-bond acceptors (Lipinski definition) is 4. The van der Waals surface area contributed by atoms with Gasteiger partial charge in [-0.2, -0.15) is 0 Å². The summed E-state index contributed by atoms with van der Waals surface area (Å²) < 4.78 is 5.31. The molecule has 0 saturated carbocycles. The zero-order chi connectivity index (χ0) is 13.4. The van der Waals surface area contributed by atoms with Crippen molar-refractivity contribution < 1.29 is 14.3 Å². The molecule has 0 bridgehead atoms. The van der Waals surface area contributed by atoms with Crippen molar-refractivity contribution in [3.8, 4) is 0 Å². The highest BCUT2D eigenvalue weighted by Crippen LogP contribution is 2.20. The lowest BCUT2D eigenvalue weighted by Crippen LogP contribution is -2.29. The number of anilines is 1. The zero-order valence-corrected chi connectivity index (χ0v) is 11.6. The normalized spacial score (nSPS) is 9.89. The average Bonchev–Trinajstić information content (AvgIpc) is 2.37. The summed E-state index contributed by atoms with van der Waals surface area (Å²) in [7, 11) is 1.34. The predicted molar refractivity (Wildman–Crippen MR) is 72.3 cm³/mol. The zero-order valence-electron chi connectivity index (χ0n) is 10.0. The van der Waals surface area contributed by atoms with Gasteiger partial charge in [-0.15, -0.1) is 0 Å². The van der Waals surface area contributed by atoms with E-state index in [0.29, 0.717) is 6.54 Å². The summed E-state index contributed by atoms with van der Waals surface area (Å²) in [4.78, 5) is 22.4. The van der Waals surface area contributed by atoms with Crippen LogP contribution >= 0.6 is 15.9 Å². The van der Waals surface area contributed by atoms with Crippen molar-refractivity contribution in [2.75, 3.05) is 25.5 Å². The molecule has 0 aliphatic rings. The van der Waals surface area contributed by atoms with Crippen LogP contribution in [-0.2, 0) is 14.3 Å². The molecule has 0 atom stereocenters. The van der Waals surface area contributed by atoms with Crippen LogP contribution in [0, 0.1) is 0 Å². The Morgan fingerprint density at radius 2 is 2.06 bits per heavy atom. The molecule has 1 aromatic carbocycles. The Morgan fingerprint density at radius 1 is 1.33 bits per heavy atom. The molecule has 0 heterocycles. The summed E-state index contributed by atoms with van der Waals surface area (Å²) in [6, 6.07) is 7.36. The van der Waals surface area contributed by atoms with Gasteiger partial charge in [0.05, 0.1) is 25.8 Å². The Hall–Kier alpha value is -1.40. The number of methoxy groups -OCH3 is 1. The van der Waals surface area contributed by atoms with Crippen molar-refractivity contribution >= 4 is 33.5 Å². The maximum absolute atomic E-state index is 11.6. The monoisotopic (exact) mass is 314 g/mol. The minimum absolute atomic E-state index is 0.151. The minimum atomic E-state index is -0.297. The van der Waals surface area contributed by atoms with Crippen LogP contribution in [0.25, 0.3) is 0 Å². The van der Waals surface area contributed by atoms with Crippen molar-refractivity contribution in [3.63, 3.8) is 0 Å². The number of carbonyl (C=O) groups excluding carboxylic acids is 2. The highest BCUT2D eigenvalue weighted by atomic mass is 79.9. The second-order valence-corrected chi connectivity index (χ2v) is 4.39.